The molecule has 0 bridgehead atoms. The van der Waals surface area contributed by atoms with Crippen molar-refractivity contribution in [1.29, 1.82) is 0 Å². The molecular formula is C13H17NO3. The predicted octanol–water partition coefficient (Wildman–Crippen LogP) is 0.694. The first-order valence-corrected chi connectivity index (χ1v) is 5.88. The number of benzene rings is 1. The van der Waals surface area contributed by atoms with Crippen LogP contribution in [-0.2, 0) is 11.2 Å². The number of hydrogen-bond donors (Lipinski definition) is 1. The lowest BCUT2D eigenvalue weighted by Crippen LogP contribution is -2.39. The van der Waals surface area contributed by atoms with E-state index in [2.05, 4.69) is 0 Å². The van der Waals surface area contributed by atoms with E-state index in [1.807, 2.05) is 24.3 Å². The zero-order valence-electron chi connectivity index (χ0n) is 9.76. The van der Waals surface area contributed by atoms with Gasteiger partial charge in [0.15, 0.2) is 0 Å². The van der Waals surface area contributed by atoms with E-state index >= 15 is 0 Å². The SMILES string of the molecule is O=C1c2ccccc2CCN1CCOCCO. The fourth-order valence-corrected chi connectivity index (χ4v) is 2.03. The Balaban J connectivity index is 1.93. The highest BCUT2D eigenvalue weighted by atomic mass is 16.5. The topological polar surface area (TPSA) is 49.8 Å². The van der Waals surface area contributed by atoms with Crippen molar-refractivity contribution in [3.05, 3.63) is 35.4 Å². The molecule has 0 saturated heterocycles. The molecule has 0 unspecified atom stereocenters. The summed E-state index contributed by atoms with van der Waals surface area (Å²) in [6.07, 6.45) is 0.905. The standard InChI is InChI=1S/C13H17NO3/c15-8-10-17-9-7-14-6-5-11-3-1-2-4-12(11)13(14)16/h1-4,15H,5-10H2. The highest BCUT2D eigenvalue weighted by molar-refractivity contribution is 5.96. The van der Waals surface area contributed by atoms with Crippen LogP contribution in [0.2, 0.25) is 0 Å². The van der Waals surface area contributed by atoms with Crippen molar-refractivity contribution < 1.29 is 14.6 Å². The summed E-state index contributed by atoms with van der Waals surface area (Å²) in [4.78, 5) is 13.9. The predicted molar refractivity (Wildman–Crippen MR) is 64.0 cm³/mol. The van der Waals surface area contributed by atoms with Gasteiger partial charge in [0, 0.05) is 18.7 Å². The first-order chi connectivity index (χ1) is 8.33. The van der Waals surface area contributed by atoms with Crippen molar-refractivity contribution in [3.8, 4) is 0 Å². The summed E-state index contributed by atoms with van der Waals surface area (Å²) in [7, 11) is 0. The van der Waals surface area contributed by atoms with E-state index in [1.165, 1.54) is 0 Å². The second-order valence-electron chi connectivity index (χ2n) is 4.04. The third kappa shape index (κ3) is 2.84. The molecule has 4 nitrogen and oxygen atoms in total. The van der Waals surface area contributed by atoms with Gasteiger partial charge >= 0.3 is 0 Å². The molecule has 0 aliphatic carbocycles. The van der Waals surface area contributed by atoms with E-state index in [0.717, 1.165) is 24.1 Å². The third-order valence-electron chi connectivity index (χ3n) is 2.93. The molecule has 1 heterocycles. The molecule has 0 radical (unpaired) electrons. The maximum Gasteiger partial charge on any atom is 0.254 e. The Kier molecular flexibility index (Phi) is 4.12. The lowest BCUT2D eigenvalue weighted by molar-refractivity contribution is 0.0554. The number of amides is 1. The maximum absolute atomic E-state index is 12.1. The number of nitrogens with zero attached hydrogens (tertiary/aromatic N) is 1. The van der Waals surface area contributed by atoms with Crippen LogP contribution in [0, 0.1) is 0 Å². The molecule has 1 aliphatic heterocycles. The molecule has 0 saturated carbocycles. The third-order valence-corrected chi connectivity index (χ3v) is 2.93. The molecule has 92 valence electrons. The summed E-state index contributed by atoms with van der Waals surface area (Å²) in [6, 6.07) is 7.74. The van der Waals surface area contributed by atoms with E-state index in [-0.39, 0.29) is 12.5 Å². The van der Waals surface area contributed by atoms with Crippen LogP contribution in [0.3, 0.4) is 0 Å². The van der Waals surface area contributed by atoms with Crippen molar-refractivity contribution >= 4 is 5.91 Å². The van der Waals surface area contributed by atoms with E-state index in [9.17, 15) is 4.79 Å². The van der Waals surface area contributed by atoms with Crippen LogP contribution in [0.5, 0.6) is 0 Å². The Hall–Kier alpha value is -1.39. The van der Waals surface area contributed by atoms with Crippen LogP contribution in [0.15, 0.2) is 24.3 Å². The highest BCUT2D eigenvalue weighted by Gasteiger charge is 2.23. The summed E-state index contributed by atoms with van der Waals surface area (Å²) < 4.78 is 5.18. The minimum absolute atomic E-state index is 0.0246. The highest BCUT2D eigenvalue weighted by Crippen LogP contribution is 2.18. The van der Waals surface area contributed by atoms with E-state index < -0.39 is 0 Å². The second-order valence-corrected chi connectivity index (χ2v) is 4.04. The Morgan fingerprint density at radius 3 is 2.94 bits per heavy atom. The Labute approximate surface area is 101 Å². The molecule has 0 spiro atoms. The van der Waals surface area contributed by atoms with Gasteiger partial charge < -0.3 is 14.7 Å². The van der Waals surface area contributed by atoms with Gasteiger partial charge in [0.05, 0.1) is 19.8 Å². The van der Waals surface area contributed by atoms with Gasteiger partial charge in [0.1, 0.15) is 0 Å². The number of ether oxygens (including phenoxy) is 1. The molecule has 17 heavy (non-hydrogen) atoms. The molecule has 1 N–H and O–H groups in total. The van der Waals surface area contributed by atoms with Gasteiger partial charge in [-0.05, 0) is 18.1 Å². The largest absolute Gasteiger partial charge is 0.394 e. The number of carbonyl (C=O) groups excluding carboxylic acids is 1. The smallest absolute Gasteiger partial charge is 0.254 e. The van der Waals surface area contributed by atoms with Gasteiger partial charge in [-0.25, -0.2) is 0 Å². The van der Waals surface area contributed by atoms with E-state index in [0.29, 0.717) is 19.8 Å². The zero-order valence-corrected chi connectivity index (χ0v) is 9.76. The minimum Gasteiger partial charge on any atom is -0.394 e. The number of carbonyl (C=O) groups is 1. The van der Waals surface area contributed by atoms with Crippen LogP contribution < -0.4 is 0 Å². The maximum atomic E-state index is 12.1. The Morgan fingerprint density at radius 1 is 1.29 bits per heavy atom. The first-order valence-electron chi connectivity index (χ1n) is 5.88. The Morgan fingerprint density at radius 2 is 2.12 bits per heavy atom. The summed E-state index contributed by atoms with van der Waals surface area (Å²) in [5.41, 5.74) is 1.94. The number of aliphatic hydroxyl groups excluding tert-OH is 1. The summed E-state index contributed by atoms with van der Waals surface area (Å²) >= 11 is 0. The first kappa shape index (κ1) is 12.1. The number of rotatable bonds is 5. The molecule has 2 rings (SSSR count). The monoisotopic (exact) mass is 235 g/mol. The summed E-state index contributed by atoms with van der Waals surface area (Å²) in [5.74, 6) is 0.0828. The molecule has 1 amide bonds. The molecule has 0 atom stereocenters. The van der Waals surface area contributed by atoms with Gasteiger partial charge in [-0.3, -0.25) is 4.79 Å². The fraction of sp³-hybridized carbons (Fsp3) is 0.462. The zero-order chi connectivity index (χ0) is 12.1. The quantitative estimate of drug-likeness (QED) is 0.764. The van der Waals surface area contributed by atoms with Gasteiger partial charge in [0.25, 0.3) is 5.91 Å². The summed E-state index contributed by atoms with van der Waals surface area (Å²) in [5, 5.41) is 8.58. The average Bonchev–Trinajstić information content (AvgIpc) is 2.37. The van der Waals surface area contributed by atoms with Gasteiger partial charge in [-0.2, -0.15) is 0 Å². The fourth-order valence-electron chi connectivity index (χ4n) is 2.03. The van der Waals surface area contributed by atoms with Crippen molar-refractivity contribution in [1.82, 2.24) is 4.90 Å². The molecule has 0 fully saturated rings. The summed E-state index contributed by atoms with van der Waals surface area (Å²) in [6.45, 7) is 2.18. The average molecular weight is 235 g/mol. The molecular weight excluding hydrogens is 218 g/mol. The van der Waals surface area contributed by atoms with Crippen LogP contribution in [0.4, 0.5) is 0 Å². The molecule has 1 aromatic carbocycles. The van der Waals surface area contributed by atoms with Crippen molar-refractivity contribution in [3.63, 3.8) is 0 Å². The second kappa shape index (κ2) is 5.80. The number of hydrogen-bond acceptors (Lipinski definition) is 3. The number of fused-ring (bicyclic) bond motifs is 1. The van der Waals surface area contributed by atoms with Crippen LogP contribution >= 0.6 is 0 Å². The van der Waals surface area contributed by atoms with Crippen LogP contribution in [0.1, 0.15) is 15.9 Å². The van der Waals surface area contributed by atoms with E-state index in [1.54, 1.807) is 4.90 Å². The number of aliphatic hydroxyl groups is 1. The van der Waals surface area contributed by atoms with Gasteiger partial charge in [-0.1, -0.05) is 18.2 Å². The van der Waals surface area contributed by atoms with Crippen LogP contribution in [-0.4, -0.2) is 48.8 Å². The van der Waals surface area contributed by atoms with Crippen LogP contribution in [0.25, 0.3) is 0 Å². The molecule has 4 heteroatoms. The van der Waals surface area contributed by atoms with Crippen molar-refractivity contribution in [2.75, 3.05) is 32.9 Å². The van der Waals surface area contributed by atoms with Gasteiger partial charge in [-0.15, -0.1) is 0 Å². The van der Waals surface area contributed by atoms with E-state index in [4.69, 9.17) is 9.84 Å². The lowest BCUT2D eigenvalue weighted by atomic mass is 9.99. The van der Waals surface area contributed by atoms with Gasteiger partial charge in [0.2, 0.25) is 0 Å². The van der Waals surface area contributed by atoms with Crippen molar-refractivity contribution in [2.24, 2.45) is 0 Å². The van der Waals surface area contributed by atoms with Crippen molar-refractivity contribution in [2.45, 2.75) is 6.42 Å². The molecule has 0 aromatic heterocycles. The molecule has 1 aliphatic rings. The molecule has 1 aromatic rings. The lowest BCUT2D eigenvalue weighted by Gasteiger charge is -2.28. The Bertz CT molecular complexity index is 392. The normalized spacial score (nSPS) is 14.9. The minimum atomic E-state index is 0.0246.